The highest BCUT2D eigenvalue weighted by atomic mass is 15.3. The number of hydrogen-bond donors (Lipinski definition) is 0. The van der Waals surface area contributed by atoms with Gasteiger partial charge in [0.25, 0.3) is 0 Å². The van der Waals surface area contributed by atoms with Crippen molar-refractivity contribution in [2.75, 3.05) is 0 Å². The van der Waals surface area contributed by atoms with Crippen molar-refractivity contribution in [3.05, 3.63) is 65.5 Å². The van der Waals surface area contributed by atoms with Gasteiger partial charge in [-0.05, 0) is 23.6 Å². The average Bonchev–Trinajstić information content (AvgIpc) is 3.11. The van der Waals surface area contributed by atoms with E-state index >= 15 is 0 Å². The maximum atomic E-state index is 4.38. The molecular formula is C16H17N5. The molecule has 0 spiro atoms. The van der Waals surface area contributed by atoms with Crippen LogP contribution in [0.2, 0.25) is 0 Å². The molecule has 0 saturated carbocycles. The van der Waals surface area contributed by atoms with E-state index in [1.54, 1.807) is 6.20 Å². The molecule has 5 nitrogen and oxygen atoms in total. The van der Waals surface area contributed by atoms with Gasteiger partial charge >= 0.3 is 0 Å². The number of rotatable bonds is 3. The lowest BCUT2D eigenvalue weighted by Gasteiger charge is -2.09. The molecule has 0 radical (unpaired) electrons. The molecule has 1 aliphatic heterocycles. The van der Waals surface area contributed by atoms with Crippen molar-refractivity contribution in [3.63, 3.8) is 0 Å². The van der Waals surface area contributed by atoms with Gasteiger partial charge in [-0.15, -0.1) is 10.2 Å². The lowest BCUT2D eigenvalue weighted by Crippen LogP contribution is -2.10. The number of fused-ring (bicyclic) bond motifs is 2. The van der Waals surface area contributed by atoms with Crippen LogP contribution in [0.3, 0.4) is 0 Å². The van der Waals surface area contributed by atoms with Gasteiger partial charge in [0.05, 0.1) is 6.54 Å². The SMILES string of the molecule is c1ccc2c(c1)CCc1nnc(CCn3cccn3)n1C2. The molecule has 5 heteroatoms. The van der Waals surface area contributed by atoms with Crippen molar-refractivity contribution in [1.82, 2.24) is 24.5 Å². The molecule has 0 atom stereocenters. The van der Waals surface area contributed by atoms with Crippen LogP contribution >= 0.6 is 0 Å². The molecule has 0 bridgehead atoms. The van der Waals surface area contributed by atoms with Crippen LogP contribution in [-0.4, -0.2) is 24.5 Å². The zero-order chi connectivity index (χ0) is 14.1. The predicted octanol–water partition coefficient (Wildman–Crippen LogP) is 1.86. The zero-order valence-corrected chi connectivity index (χ0v) is 11.8. The smallest absolute Gasteiger partial charge is 0.135 e. The molecule has 0 unspecified atom stereocenters. The van der Waals surface area contributed by atoms with Crippen LogP contribution in [0.25, 0.3) is 0 Å². The van der Waals surface area contributed by atoms with Crippen molar-refractivity contribution in [2.24, 2.45) is 0 Å². The molecule has 0 amide bonds. The largest absolute Gasteiger partial charge is 0.310 e. The summed E-state index contributed by atoms with van der Waals surface area (Å²) in [5.74, 6) is 2.15. The van der Waals surface area contributed by atoms with Crippen LogP contribution in [0.5, 0.6) is 0 Å². The molecule has 4 rings (SSSR count). The highest BCUT2D eigenvalue weighted by Crippen LogP contribution is 2.20. The number of aryl methyl sites for hydroxylation is 4. The first-order chi connectivity index (χ1) is 10.4. The topological polar surface area (TPSA) is 48.5 Å². The van der Waals surface area contributed by atoms with E-state index in [0.29, 0.717) is 0 Å². The summed E-state index contributed by atoms with van der Waals surface area (Å²) in [6, 6.07) is 10.6. The molecule has 106 valence electrons. The average molecular weight is 279 g/mol. The third-order valence-corrected chi connectivity index (χ3v) is 4.09. The predicted molar refractivity (Wildman–Crippen MR) is 78.9 cm³/mol. The first-order valence-corrected chi connectivity index (χ1v) is 7.35. The summed E-state index contributed by atoms with van der Waals surface area (Å²) < 4.78 is 4.21. The Hall–Kier alpha value is -2.43. The maximum Gasteiger partial charge on any atom is 0.135 e. The second-order valence-corrected chi connectivity index (χ2v) is 5.41. The molecule has 21 heavy (non-hydrogen) atoms. The molecule has 3 heterocycles. The fourth-order valence-corrected chi connectivity index (χ4v) is 2.94. The van der Waals surface area contributed by atoms with Crippen LogP contribution in [-0.2, 0) is 32.4 Å². The first kappa shape index (κ1) is 12.3. The van der Waals surface area contributed by atoms with Crippen molar-refractivity contribution < 1.29 is 0 Å². The van der Waals surface area contributed by atoms with Crippen molar-refractivity contribution in [3.8, 4) is 0 Å². The van der Waals surface area contributed by atoms with E-state index in [-0.39, 0.29) is 0 Å². The lowest BCUT2D eigenvalue weighted by atomic mass is 10.0. The first-order valence-electron chi connectivity index (χ1n) is 7.35. The Balaban J connectivity index is 1.60. The third-order valence-electron chi connectivity index (χ3n) is 4.09. The van der Waals surface area contributed by atoms with Gasteiger partial charge in [-0.25, -0.2) is 0 Å². The van der Waals surface area contributed by atoms with E-state index in [9.17, 15) is 0 Å². The lowest BCUT2D eigenvalue weighted by molar-refractivity contribution is 0.578. The van der Waals surface area contributed by atoms with E-state index in [0.717, 1.165) is 44.0 Å². The molecule has 0 fully saturated rings. The van der Waals surface area contributed by atoms with E-state index in [1.165, 1.54) is 11.1 Å². The quantitative estimate of drug-likeness (QED) is 0.735. The molecule has 3 aromatic rings. The Morgan fingerprint density at radius 3 is 2.76 bits per heavy atom. The minimum absolute atomic E-state index is 0.840. The second-order valence-electron chi connectivity index (χ2n) is 5.41. The van der Waals surface area contributed by atoms with Gasteiger partial charge in [0.2, 0.25) is 0 Å². The fourth-order valence-electron chi connectivity index (χ4n) is 2.94. The van der Waals surface area contributed by atoms with E-state index in [4.69, 9.17) is 0 Å². The van der Waals surface area contributed by atoms with Crippen LogP contribution in [0.4, 0.5) is 0 Å². The van der Waals surface area contributed by atoms with Gasteiger partial charge in [0.1, 0.15) is 11.6 Å². The Labute approximate surface area is 123 Å². The van der Waals surface area contributed by atoms with E-state index in [2.05, 4.69) is 44.1 Å². The third kappa shape index (κ3) is 2.35. The summed E-state index contributed by atoms with van der Waals surface area (Å²) in [6.07, 6.45) is 6.66. The van der Waals surface area contributed by atoms with Crippen molar-refractivity contribution in [2.45, 2.75) is 32.4 Å². The van der Waals surface area contributed by atoms with Crippen molar-refractivity contribution >= 4 is 0 Å². The van der Waals surface area contributed by atoms with Crippen LogP contribution in [0.1, 0.15) is 22.8 Å². The van der Waals surface area contributed by atoms with Gasteiger partial charge in [0, 0.05) is 31.8 Å². The maximum absolute atomic E-state index is 4.38. The normalized spacial score (nSPS) is 13.5. The van der Waals surface area contributed by atoms with Crippen LogP contribution < -0.4 is 0 Å². The fraction of sp³-hybridized carbons (Fsp3) is 0.312. The van der Waals surface area contributed by atoms with Gasteiger partial charge in [-0.3, -0.25) is 4.68 Å². The van der Waals surface area contributed by atoms with Gasteiger partial charge < -0.3 is 4.57 Å². The highest BCUT2D eigenvalue weighted by molar-refractivity contribution is 5.30. The number of hydrogen-bond acceptors (Lipinski definition) is 3. The molecule has 0 saturated heterocycles. The number of aromatic nitrogens is 5. The second kappa shape index (κ2) is 5.16. The number of nitrogens with zero attached hydrogens (tertiary/aromatic N) is 5. The Morgan fingerprint density at radius 1 is 1.00 bits per heavy atom. The standard InChI is InChI=1S/C16H17N5/c1-2-5-14-12-21-15(7-6-13(14)4-1)18-19-16(21)8-11-20-10-3-9-17-20/h1-5,9-10H,6-8,11-12H2. The van der Waals surface area contributed by atoms with Crippen molar-refractivity contribution in [1.29, 1.82) is 0 Å². The van der Waals surface area contributed by atoms with Gasteiger partial charge in [-0.1, -0.05) is 24.3 Å². The molecular weight excluding hydrogens is 262 g/mol. The highest BCUT2D eigenvalue weighted by Gasteiger charge is 2.17. The summed E-state index contributed by atoms with van der Waals surface area (Å²) in [6.45, 7) is 1.72. The zero-order valence-electron chi connectivity index (χ0n) is 11.8. The summed E-state index contributed by atoms with van der Waals surface area (Å²) in [5, 5.41) is 13.0. The molecule has 0 aliphatic carbocycles. The molecule has 1 aliphatic rings. The van der Waals surface area contributed by atoms with E-state index < -0.39 is 0 Å². The van der Waals surface area contributed by atoms with Gasteiger partial charge in [-0.2, -0.15) is 5.10 Å². The Morgan fingerprint density at radius 2 is 1.90 bits per heavy atom. The summed E-state index contributed by atoms with van der Waals surface area (Å²) in [5.41, 5.74) is 2.82. The van der Waals surface area contributed by atoms with Crippen LogP contribution in [0.15, 0.2) is 42.7 Å². The summed E-state index contributed by atoms with van der Waals surface area (Å²) >= 11 is 0. The molecule has 0 N–H and O–H groups in total. The molecule has 2 aromatic heterocycles. The van der Waals surface area contributed by atoms with Gasteiger partial charge in [0.15, 0.2) is 0 Å². The molecule has 1 aromatic carbocycles. The minimum Gasteiger partial charge on any atom is -0.310 e. The monoisotopic (exact) mass is 279 g/mol. The number of benzene rings is 1. The minimum atomic E-state index is 0.840. The summed E-state index contributed by atoms with van der Waals surface area (Å²) in [4.78, 5) is 0. The Kier molecular flexibility index (Phi) is 3.03. The Bertz CT molecular complexity index is 742. The van der Waals surface area contributed by atoms with Crippen LogP contribution in [0, 0.1) is 0 Å². The summed E-state index contributed by atoms with van der Waals surface area (Å²) in [7, 11) is 0. The van der Waals surface area contributed by atoms with E-state index in [1.807, 2.05) is 16.9 Å².